The number of hydrogen-bond donors (Lipinski definition) is 2. The van der Waals surface area contributed by atoms with E-state index in [1.54, 1.807) is 0 Å². The summed E-state index contributed by atoms with van der Waals surface area (Å²) in [5, 5.41) is 18.2. The molecule has 0 fully saturated rings. The number of aromatic carboxylic acids is 1. The van der Waals surface area contributed by atoms with Gasteiger partial charge >= 0.3 is 5.97 Å². The minimum absolute atomic E-state index is 0.0455. The monoisotopic (exact) mass is 262 g/mol. The maximum absolute atomic E-state index is 11.2. The third-order valence-electron chi connectivity index (χ3n) is 2.30. The van der Waals surface area contributed by atoms with E-state index in [0.717, 1.165) is 0 Å². The molecule has 0 spiro atoms. The van der Waals surface area contributed by atoms with E-state index in [1.165, 1.54) is 29.1 Å². The number of nitrogens with zero attached hydrogens (tertiary/aromatic N) is 3. The summed E-state index contributed by atoms with van der Waals surface area (Å²) < 4.78 is 1.31. The number of carbonyl (C=O) groups is 1. The van der Waals surface area contributed by atoms with E-state index >= 15 is 0 Å². The van der Waals surface area contributed by atoms with Gasteiger partial charge in [0, 0.05) is 18.1 Å². The lowest BCUT2D eigenvalue weighted by atomic mass is 10.1. The lowest BCUT2D eigenvalue weighted by Crippen LogP contribution is -2.08. The van der Waals surface area contributed by atoms with Crippen LogP contribution in [0.2, 0.25) is 5.02 Å². The maximum atomic E-state index is 11.2. The van der Waals surface area contributed by atoms with Crippen LogP contribution >= 0.6 is 11.6 Å². The van der Waals surface area contributed by atoms with Crippen LogP contribution < -0.4 is 5.73 Å². The quantitative estimate of drug-likeness (QED) is 0.801. The smallest absolute Gasteiger partial charge is 0.337 e. The average Bonchev–Trinajstić information content (AvgIpc) is 2.75. The third kappa shape index (κ3) is 1.87. The Bertz CT molecular complexity index is 672. The Morgan fingerprint density at radius 2 is 2.28 bits per heavy atom. The van der Waals surface area contributed by atoms with Gasteiger partial charge in [0.15, 0.2) is 0 Å². The number of carboxylic acids is 1. The van der Waals surface area contributed by atoms with Crippen molar-refractivity contribution in [3.8, 4) is 11.8 Å². The van der Waals surface area contributed by atoms with Gasteiger partial charge in [-0.15, -0.1) is 0 Å². The second kappa shape index (κ2) is 4.39. The zero-order valence-corrected chi connectivity index (χ0v) is 9.72. The molecule has 18 heavy (non-hydrogen) atoms. The highest BCUT2D eigenvalue weighted by Crippen LogP contribution is 2.28. The first kappa shape index (κ1) is 12.0. The van der Waals surface area contributed by atoms with Gasteiger partial charge in [-0.05, 0) is 12.1 Å². The number of anilines is 1. The number of rotatable bonds is 2. The van der Waals surface area contributed by atoms with Crippen LogP contribution in [-0.2, 0) is 0 Å². The first-order valence-corrected chi connectivity index (χ1v) is 5.18. The van der Waals surface area contributed by atoms with Crippen molar-refractivity contribution in [2.75, 3.05) is 5.73 Å². The molecule has 0 saturated heterocycles. The molecule has 0 bridgehead atoms. The van der Waals surface area contributed by atoms with Crippen LogP contribution in [0.1, 0.15) is 16.2 Å². The molecule has 0 atom stereocenters. The summed E-state index contributed by atoms with van der Waals surface area (Å²) in [4.78, 5) is 15.0. The van der Waals surface area contributed by atoms with Crippen LogP contribution in [0.5, 0.6) is 0 Å². The fourth-order valence-corrected chi connectivity index (χ4v) is 1.91. The molecule has 0 amide bonds. The van der Waals surface area contributed by atoms with E-state index in [-0.39, 0.29) is 27.8 Å². The lowest BCUT2D eigenvalue weighted by molar-refractivity contribution is 0.0697. The molecule has 0 aliphatic heterocycles. The van der Waals surface area contributed by atoms with Crippen LogP contribution in [-0.4, -0.2) is 20.6 Å². The lowest BCUT2D eigenvalue weighted by Gasteiger charge is -2.11. The molecule has 0 radical (unpaired) electrons. The SMILES string of the molecule is N#Cc1nccn1-c1c(Cl)cc(N)cc1C(=O)O. The number of benzene rings is 1. The van der Waals surface area contributed by atoms with E-state index in [9.17, 15) is 4.79 Å². The summed E-state index contributed by atoms with van der Waals surface area (Å²) in [6.45, 7) is 0. The van der Waals surface area contributed by atoms with Crippen molar-refractivity contribution in [1.82, 2.24) is 9.55 Å². The van der Waals surface area contributed by atoms with Crippen molar-refractivity contribution >= 4 is 23.3 Å². The molecule has 7 heteroatoms. The number of imidazole rings is 1. The molecule has 0 aliphatic carbocycles. The molecule has 2 aromatic rings. The van der Waals surface area contributed by atoms with Crippen LogP contribution in [0.4, 0.5) is 5.69 Å². The third-order valence-corrected chi connectivity index (χ3v) is 2.59. The number of nitriles is 1. The van der Waals surface area contributed by atoms with Crippen molar-refractivity contribution in [3.05, 3.63) is 40.9 Å². The number of nitrogen functional groups attached to an aromatic ring is 1. The minimum atomic E-state index is -1.18. The zero-order valence-electron chi connectivity index (χ0n) is 8.96. The van der Waals surface area contributed by atoms with E-state index in [4.69, 9.17) is 27.7 Å². The van der Waals surface area contributed by atoms with Crippen LogP contribution in [0, 0.1) is 11.3 Å². The standard InChI is InChI=1S/C11H7ClN4O2/c12-8-4-6(14)3-7(11(17)18)10(8)16-2-1-15-9(16)5-13/h1-4H,14H2,(H,17,18). The van der Waals surface area contributed by atoms with Crippen molar-refractivity contribution < 1.29 is 9.90 Å². The number of carboxylic acid groups (broad SMARTS) is 1. The summed E-state index contributed by atoms with van der Waals surface area (Å²) in [5.74, 6) is -1.14. The van der Waals surface area contributed by atoms with Crippen LogP contribution in [0.25, 0.3) is 5.69 Å². The largest absolute Gasteiger partial charge is 0.478 e. The normalized spacial score (nSPS) is 10.0. The molecule has 1 aromatic heterocycles. The summed E-state index contributed by atoms with van der Waals surface area (Å²) in [6, 6.07) is 4.55. The predicted molar refractivity (Wildman–Crippen MR) is 64.7 cm³/mol. The second-order valence-electron chi connectivity index (χ2n) is 3.44. The van der Waals surface area contributed by atoms with Gasteiger partial charge in [0.1, 0.15) is 6.07 Å². The Hall–Kier alpha value is -2.52. The number of halogens is 1. The van der Waals surface area contributed by atoms with E-state index in [0.29, 0.717) is 0 Å². The van der Waals surface area contributed by atoms with E-state index < -0.39 is 5.97 Å². The molecule has 0 saturated carbocycles. The number of hydrogen-bond acceptors (Lipinski definition) is 4. The second-order valence-corrected chi connectivity index (χ2v) is 3.84. The van der Waals surface area contributed by atoms with Crippen molar-refractivity contribution in [3.63, 3.8) is 0 Å². The first-order valence-electron chi connectivity index (χ1n) is 4.80. The maximum Gasteiger partial charge on any atom is 0.337 e. The summed E-state index contributed by atoms with van der Waals surface area (Å²) in [7, 11) is 0. The number of aromatic nitrogens is 2. The molecular formula is C11H7ClN4O2. The van der Waals surface area contributed by atoms with Gasteiger partial charge < -0.3 is 10.8 Å². The molecule has 3 N–H and O–H groups in total. The van der Waals surface area contributed by atoms with Crippen molar-refractivity contribution in [1.29, 1.82) is 5.26 Å². The fraction of sp³-hybridized carbons (Fsp3) is 0. The van der Waals surface area contributed by atoms with Gasteiger partial charge in [-0.3, -0.25) is 4.57 Å². The zero-order chi connectivity index (χ0) is 13.3. The molecular weight excluding hydrogens is 256 g/mol. The predicted octanol–water partition coefficient (Wildman–Crippen LogP) is 1.68. The molecule has 90 valence electrons. The highest BCUT2D eigenvalue weighted by molar-refractivity contribution is 6.33. The minimum Gasteiger partial charge on any atom is -0.478 e. The highest BCUT2D eigenvalue weighted by atomic mass is 35.5. The molecule has 0 aliphatic rings. The van der Waals surface area contributed by atoms with Gasteiger partial charge in [-0.2, -0.15) is 5.26 Å². The van der Waals surface area contributed by atoms with E-state index in [1.807, 2.05) is 6.07 Å². The van der Waals surface area contributed by atoms with Gasteiger partial charge in [-0.25, -0.2) is 9.78 Å². The summed E-state index contributed by atoms with van der Waals surface area (Å²) in [6.07, 6.45) is 2.85. The first-order chi connectivity index (χ1) is 8.54. The fourth-order valence-electron chi connectivity index (χ4n) is 1.59. The molecule has 6 nitrogen and oxygen atoms in total. The summed E-state index contributed by atoms with van der Waals surface area (Å²) >= 11 is 6.00. The topological polar surface area (TPSA) is 105 Å². The molecule has 0 unspecified atom stereocenters. The highest BCUT2D eigenvalue weighted by Gasteiger charge is 2.18. The van der Waals surface area contributed by atoms with Crippen molar-refractivity contribution in [2.24, 2.45) is 0 Å². The Morgan fingerprint density at radius 1 is 1.56 bits per heavy atom. The Balaban J connectivity index is 2.79. The van der Waals surface area contributed by atoms with Crippen LogP contribution in [0.3, 0.4) is 0 Å². The van der Waals surface area contributed by atoms with Gasteiger partial charge in [0.05, 0.1) is 16.3 Å². The Kier molecular flexibility index (Phi) is 2.92. The Morgan fingerprint density at radius 3 is 2.89 bits per heavy atom. The van der Waals surface area contributed by atoms with Gasteiger partial charge in [-0.1, -0.05) is 11.6 Å². The van der Waals surface area contributed by atoms with Gasteiger partial charge in [0.2, 0.25) is 5.82 Å². The van der Waals surface area contributed by atoms with Gasteiger partial charge in [0.25, 0.3) is 0 Å². The summed E-state index contributed by atoms with van der Waals surface area (Å²) in [5.41, 5.74) is 5.87. The molecule has 2 rings (SSSR count). The Labute approximate surface area is 107 Å². The average molecular weight is 263 g/mol. The molecule has 1 aromatic carbocycles. The molecule has 1 heterocycles. The number of nitrogens with two attached hydrogens (primary N) is 1. The van der Waals surface area contributed by atoms with Crippen LogP contribution in [0.15, 0.2) is 24.5 Å². The van der Waals surface area contributed by atoms with Crippen molar-refractivity contribution in [2.45, 2.75) is 0 Å². The van der Waals surface area contributed by atoms with E-state index in [2.05, 4.69) is 4.98 Å².